The highest BCUT2D eigenvalue weighted by molar-refractivity contribution is 5.65. The zero-order valence-corrected chi connectivity index (χ0v) is 22.8. The van der Waals surface area contributed by atoms with Crippen LogP contribution in [0.1, 0.15) is 29.3 Å². The van der Waals surface area contributed by atoms with Crippen molar-refractivity contribution in [1.82, 2.24) is 14.6 Å². The smallest absolute Gasteiger partial charge is 0.177 e. The monoisotopic (exact) mass is 548 g/mol. The van der Waals surface area contributed by atoms with Crippen LogP contribution >= 0.6 is 0 Å². The third-order valence-electron chi connectivity index (χ3n) is 7.26. The van der Waals surface area contributed by atoms with Crippen molar-refractivity contribution in [2.45, 2.75) is 44.6 Å². The molecule has 3 atom stereocenters. The maximum Gasteiger partial charge on any atom is 0.177 e. The number of hydrogen-bond acceptors (Lipinski definition) is 7. The molecule has 1 fully saturated rings. The van der Waals surface area contributed by atoms with Crippen molar-refractivity contribution in [3.63, 3.8) is 0 Å². The Bertz CT molecular complexity index is 1610. The minimum absolute atomic E-state index is 0.369. The summed E-state index contributed by atoms with van der Waals surface area (Å²) in [5, 5.41) is 4.49. The Morgan fingerprint density at radius 2 is 1.39 bits per heavy atom. The molecule has 0 saturated carbocycles. The lowest BCUT2D eigenvalue weighted by atomic mass is 9.93. The molecule has 0 aliphatic carbocycles. The molecule has 3 heterocycles. The Morgan fingerprint density at radius 3 is 2.02 bits per heavy atom. The summed E-state index contributed by atoms with van der Waals surface area (Å²) in [6.07, 6.45) is 1.97. The molecular weight excluding hydrogens is 516 g/mol. The Labute approximate surface area is 239 Å². The molecule has 3 aromatic carbocycles. The molecule has 1 aliphatic heterocycles. The highest BCUT2D eigenvalue weighted by Gasteiger charge is 2.55. The van der Waals surface area contributed by atoms with Crippen LogP contribution in [0.5, 0.6) is 0 Å². The van der Waals surface area contributed by atoms with E-state index in [0.717, 1.165) is 22.4 Å². The van der Waals surface area contributed by atoms with Gasteiger partial charge in [0.1, 0.15) is 36.9 Å². The Kier molecular flexibility index (Phi) is 7.67. The molecule has 1 unspecified atom stereocenters. The maximum absolute atomic E-state index is 6.75. The van der Waals surface area contributed by atoms with Gasteiger partial charge in [-0.2, -0.15) is 5.10 Å². The van der Waals surface area contributed by atoms with Crippen molar-refractivity contribution >= 4 is 11.3 Å². The SMILES string of the molecule is CC1(c2ccc3c(N)ncnn23)O/C(=C/OCc2ccccc2)[C@@H](OCc2ccccc2)[C@H]1OCc1ccccc1. The third-order valence-corrected chi connectivity index (χ3v) is 7.26. The van der Waals surface area contributed by atoms with Crippen molar-refractivity contribution in [3.05, 3.63) is 144 Å². The van der Waals surface area contributed by atoms with Gasteiger partial charge < -0.3 is 24.7 Å². The van der Waals surface area contributed by atoms with E-state index in [0.29, 0.717) is 36.9 Å². The fourth-order valence-electron chi connectivity index (χ4n) is 5.15. The van der Waals surface area contributed by atoms with Crippen LogP contribution in [0.3, 0.4) is 0 Å². The van der Waals surface area contributed by atoms with E-state index in [1.807, 2.05) is 110 Å². The van der Waals surface area contributed by atoms with E-state index >= 15 is 0 Å². The average Bonchev–Trinajstić information content (AvgIpc) is 3.57. The summed E-state index contributed by atoms with van der Waals surface area (Å²) in [5.41, 5.74) is 9.76. The molecule has 8 heteroatoms. The molecule has 5 aromatic rings. The van der Waals surface area contributed by atoms with Gasteiger partial charge >= 0.3 is 0 Å². The average molecular weight is 549 g/mol. The first-order chi connectivity index (χ1) is 20.1. The number of nitrogen functional groups attached to an aromatic ring is 1. The van der Waals surface area contributed by atoms with Gasteiger partial charge in [-0.1, -0.05) is 91.0 Å². The lowest BCUT2D eigenvalue weighted by Crippen LogP contribution is -2.42. The molecule has 0 amide bonds. The first kappa shape index (κ1) is 26.6. The van der Waals surface area contributed by atoms with E-state index in [9.17, 15) is 0 Å². The summed E-state index contributed by atoms with van der Waals surface area (Å²) in [7, 11) is 0. The lowest BCUT2D eigenvalue weighted by molar-refractivity contribution is -0.112. The number of anilines is 1. The van der Waals surface area contributed by atoms with Gasteiger partial charge in [0, 0.05) is 0 Å². The predicted octanol–water partition coefficient (Wildman–Crippen LogP) is 5.79. The second-order valence-electron chi connectivity index (χ2n) is 10.1. The molecule has 2 aromatic heterocycles. The van der Waals surface area contributed by atoms with E-state index < -0.39 is 17.8 Å². The lowest BCUT2D eigenvalue weighted by Gasteiger charge is -2.31. The number of aromatic nitrogens is 3. The van der Waals surface area contributed by atoms with Gasteiger partial charge in [0.15, 0.2) is 17.2 Å². The number of nitrogens with two attached hydrogens (primary N) is 1. The van der Waals surface area contributed by atoms with Crippen molar-refractivity contribution in [3.8, 4) is 0 Å². The molecule has 208 valence electrons. The van der Waals surface area contributed by atoms with Crippen LogP contribution in [0.4, 0.5) is 5.82 Å². The molecule has 8 nitrogen and oxygen atoms in total. The second-order valence-corrected chi connectivity index (χ2v) is 10.1. The van der Waals surface area contributed by atoms with Gasteiger partial charge in [-0.15, -0.1) is 0 Å². The van der Waals surface area contributed by atoms with Gasteiger partial charge in [-0.3, -0.25) is 0 Å². The number of ether oxygens (including phenoxy) is 4. The largest absolute Gasteiger partial charge is 0.493 e. The van der Waals surface area contributed by atoms with Crippen molar-refractivity contribution in [1.29, 1.82) is 0 Å². The number of hydrogen-bond donors (Lipinski definition) is 1. The van der Waals surface area contributed by atoms with Crippen LogP contribution in [-0.2, 0) is 44.4 Å². The Hall–Kier alpha value is -4.66. The van der Waals surface area contributed by atoms with Crippen molar-refractivity contribution in [2.75, 3.05) is 5.73 Å². The number of rotatable bonds is 10. The number of fused-ring (bicyclic) bond motifs is 1. The fourth-order valence-corrected chi connectivity index (χ4v) is 5.15. The molecule has 1 aliphatic rings. The summed E-state index contributed by atoms with van der Waals surface area (Å²) in [6.45, 7) is 3.12. The van der Waals surface area contributed by atoms with Crippen molar-refractivity contribution < 1.29 is 18.9 Å². The van der Waals surface area contributed by atoms with Crippen LogP contribution in [0.15, 0.2) is 121 Å². The normalized spacial score (nSPS) is 21.2. The molecular formula is C33H32N4O4. The Morgan fingerprint density at radius 1 is 0.805 bits per heavy atom. The van der Waals surface area contributed by atoms with Crippen LogP contribution in [0.2, 0.25) is 0 Å². The molecule has 41 heavy (non-hydrogen) atoms. The van der Waals surface area contributed by atoms with E-state index in [4.69, 9.17) is 24.7 Å². The van der Waals surface area contributed by atoms with Gasteiger partial charge in [-0.05, 0) is 35.7 Å². The molecule has 2 N–H and O–H groups in total. The molecule has 1 saturated heterocycles. The number of nitrogens with zero attached hydrogens (tertiary/aromatic N) is 3. The summed E-state index contributed by atoms with van der Waals surface area (Å²) in [6, 6.07) is 33.9. The van der Waals surface area contributed by atoms with E-state index in [-0.39, 0.29) is 0 Å². The second kappa shape index (κ2) is 11.8. The van der Waals surface area contributed by atoms with E-state index in [2.05, 4.69) is 10.1 Å². The summed E-state index contributed by atoms with van der Waals surface area (Å²) < 4.78 is 27.8. The summed E-state index contributed by atoms with van der Waals surface area (Å²) in [4.78, 5) is 4.14. The summed E-state index contributed by atoms with van der Waals surface area (Å²) in [5.74, 6) is 0.919. The van der Waals surface area contributed by atoms with Gasteiger partial charge in [-0.25, -0.2) is 9.50 Å². The van der Waals surface area contributed by atoms with Gasteiger partial charge in [0.2, 0.25) is 0 Å². The van der Waals surface area contributed by atoms with E-state index in [1.165, 1.54) is 6.33 Å². The maximum atomic E-state index is 6.75. The van der Waals surface area contributed by atoms with Gasteiger partial charge in [0.25, 0.3) is 0 Å². The zero-order chi connectivity index (χ0) is 28.1. The van der Waals surface area contributed by atoms with Crippen LogP contribution in [0, 0.1) is 0 Å². The molecule has 6 rings (SSSR count). The number of benzene rings is 3. The third kappa shape index (κ3) is 5.66. The highest BCUT2D eigenvalue weighted by atomic mass is 16.6. The van der Waals surface area contributed by atoms with Crippen molar-refractivity contribution in [2.24, 2.45) is 0 Å². The first-order valence-electron chi connectivity index (χ1n) is 13.6. The quantitative estimate of drug-likeness (QED) is 0.221. The molecule has 0 spiro atoms. The van der Waals surface area contributed by atoms with Crippen LogP contribution in [0.25, 0.3) is 5.52 Å². The molecule has 0 bridgehead atoms. The standard InChI is InChI=1S/C33H32N4O4/c1-33(29-18-17-27-32(34)35-23-36-37(27)29)31(40-21-26-15-9-4-10-16-26)30(39-20-25-13-7-3-8-14-25)28(41-33)22-38-19-24-11-5-2-6-12-24/h2-18,22-23,30-31H,19-21H2,1H3,(H2,34,35,36)/b28-22+/t30-,31-,33?/m1/s1. The van der Waals surface area contributed by atoms with Gasteiger partial charge in [0.05, 0.1) is 18.9 Å². The highest BCUT2D eigenvalue weighted by Crippen LogP contribution is 2.45. The van der Waals surface area contributed by atoms with E-state index in [1.54, 1.807) is 10.8 Å². The minimum atomic E-state index is -0.995. The minimum Gasteiger partial charge on any atom is -0.493 e. The van der Waals surface area contributed by atoms with Crippen LogP contribution < -0.4 is 5.73 Å². The summed E-state index contributed by atoms with van der Waals surface area (Å²) >= 11 is 0. The first-order valence-corrected chi connectivity index (χ1v) is 13.6. The Balaban J connectivity index is 1.37. The molecule has 0 radical (unpaired) electrons. The fraction of sp³-hybridized carbons (Fsp3) is 0.212. The van der Waals surface area contributed by atoms with Crippen LogP contribution in [-0.4, -0.2) is 26.8 Å². The zero-order valence-electron chi connectivity index (χ0n) is 22.8. The topological polar surface area (TPSA) is 93.1 Å². The predicted molar refractivity (Wildman–Crippen MR) is 155 cm³/mol.